The Kier molecular flexibility index (Phi) is 3.89. The van der Waals surface area contributed by atoms with Crippen LogP contribution in [0, 0.1) is 11.2 Å². The van der Waals surface area contributed by atoms with E-state index in [9.17, 15) is 0 Å². The van der Waals surface area contributed by atoms with Crippen molar-refractivity contribution in [3.63, 3.8) is 0 Å². The molecule has 0 aromatic heterocycles. The van der Waals surface area contributed by atoms with E-state index in [4.69, 9.17) is 11.1 Å². The smallest absolute Gasteiger partial charge is 0.101 e. The Hall–Kier alpha value is -0.180. The SMILES string of the molecule is C[CH]SCC(=N)N. The minimum absolute atomic E-state index is 0.239. The molecule has 0 saturated heterocycles. The number of thioether (sulfide) groups is 1. The molecule has 0 fully saturated rings. The predicted octanol–water partition coefficient (Wildman–Crippen LogP) is 0.837. The lowest BCUT2D eigenvalue weighted by atomic mass is 10.7. The van der Waals surface area contributed by atoms with Gasteiger partial charge in [0.2, 0.25) is 0 Å². The van der Waals surface area contributed by atoms with Crippen LogP contribution in [-0.2, 0) is 0 Å². The molecule has 0 aliphatic rings. The van der Waals surface area contributed by atoms with E-state index < -0.39 is 0 Å². The highest BCUT2D eigenvalue weighted by Gasteiger charge is 1.84. The van der Waals surface area contributed by atoms with Crippen molar-refractivity contribution in [2.45, 2.75) is 6.92 Å². The molecule has 0 heterocycles. The molecule has 0 saturated carbocycles. The van der Waals surface area contributed by atoms with Crippen molar-refractivity contribution in [3.8, 4) is 0 Å². The van der Waals surface area contributed by atoms with Crippen LogP contribution in [0.2, 0.25) is 0 Å². The maximum Gasteiger partial charge on any atom is 0.101 e. The lowest BCUT2D eigenvalue weighted by molar-refractivity contribution is 1.43. The normalized spacial score (nSPS) is 8.71. The van der Waals surface area contributed by atoms with Crippen LogP contribution in [-0.4, -0.2) is 11.6 Å². The topological polar surface area (TPSA) is 49.9 Å². The number of nitrogens with two attached hydrogens (primary N) is 1. The fraction of sp³-hybridized carbons (Fsp3) is 0.500. The van der Waals surface area contributed by atoms with E-state index >= 15 is 0 Å². The maximum absolute atomic E-state index is 6.73. The molecule has 3 heteroatoms. The van der Waals surface area contributed by atoms with Crippen molar-refractivity contribution in [2.75, 3.05) is 5.75 Å². The molecule has 0 aliphatic carbocycles. The summed E-state index contributed by atoms with van der Waals surface area (Å²) in [4.78, 5) is 0. The Balaban J connectivity index is 2.82. The van der Waals surface area contributed by atoms with Gasteiger partial charge in [0.25, 0.3) is 0 Å². The Morgan fingerprint density at radius 1 is 2.00 bits per heavy atom. The van der Waals surface area contributed by atoms with Crippen LogP contribution in [0.3, 0.4) is 0 Å². The fourth-order valence-corrected chi connectivity index (χ4v) is 0.519. The molecule has 0 aliphatic heterocycles. The number of rotatable bonds is 3. The van der Waals surface area contributed by atoms with E-state index in [1.54, 1.807) is 11.8 Å². The zero-order chi connectivity index (χ0) is 5.70. The van der Waals surface area contributed by atoms with Gasteiger partial charge in [-0.3, -0.25) is 5.41 Å². The molecule has 0 spiro atoms. The van der Waals surface area contributed by atoms with E-state index in [0.717, 1.165) is 0 Å². The summed E-state index contributed by atoms with van der Waals surface area (Å²) in [7, 11) is 0. The first-order valence-electron chi connectivity index (χ1n) is 1.99. The van der Waals surface area contributed by atoms with Gasteiger partial charge in [0, 0.05) is 5.75 Å². The molecule has 0 unspecified atom stereocenters. The lowest BCUT2D eigenvalue weighted by Crippen LogP contribution is -2.11. The molecule has 1 radical (unpaired) electrons. The van der Waals surface area contributed by atoms with Crippen molar-refractivity contribution in [1.29, 1.82) is 5.41 Å². The first kappa shape index (κ1) is 6.82. The van der Waals surface area contributed by atoms with Crippen molar-refractivity contribution < 1.29 is 0 Å². The molecule has 2 nitrogen and oxygen atoms in total. The van der Waals surface area contributed by atoms with Gasteiger partial charge in [-0.1, -0.05) is 6.92 Å². The van der Waals surface area contributed by atoms with Gasteiger partial charge in [0.05, 0.1) is 5.75 Å². The van der Waals surface area contributed by atoms with Gasteiger partial charge in [0.1, 0.15) is 5.84 Å². The van der Waals surface area contributed by atoms with Crippen LogP contribution >= 0.6 is 11.8 Å². The van der Waals surface area contributed by atoms with E-state index in [2.05, 4.69) is 0 Å². The summed E-state index contributed by atoms with van der Waals surface area (Å²) in [5.74, 6) is 2.78. The first-order chi connectivity index (χ1) is 3.27. The third kappa shape index (κ3) is 5.82. The molecule has 0 aromatic carbocycles. The standard InChI is InChI=1S/C4H9N2S/c1-2-7-3-4(5)6/h2H,3H2,1H3,(H3,5,6). The molecule has 7 heavy (non-hydrogen) atoms. The summed E-state index contributed by atoms with van der Waals surface area (Å²) in [6, 6.07) is 0. The third-order valence-corrected chi connectivity index (χ3v) is 1.22. The minimum atomic E-state index is 0.239. The Morgan fingerprint density at radius 3 is 2.71 bits per heavy atom. The van der Waals surface area contributed by atoms with E-state index in [1.807, 2.05) is 12.7 Å². The van der Waals surface area contributed by atoms with Gasteiger partial charge in [0.15, 0.2) is 0 Å². The average molecular weight is 117 g/mol. The summed E-state index contributed by atoms with van der Waals surface area (Å²) in [6.45, 7) is 1.92. The molecular weight excluding hydrogens is 108 g/mol. The summed E-state index contributed by atoms with van der Waals surface area (Å²) in [5.41, 5.74) is 5.02. The fourth-order valence-electron chi connectivity index (χ4n) is 0.173. The van der Waals surface area contributed by atoms with Gasteiger partial charge < -0.3 is 5.73 Å². The number of nitrogens with one attached hydrogen (secondary N) is 1. The number of amidine groups is 1. The van der Waals surface area contributed by atoms with Crippen molar-refractivity contribution in [1.82, 2.24) is 0 Å². The molecule has 0 atom stereocenters. The molecular formula is C4H9N2S. The van der Waals surface area contributed by atoms with Crippen LogP contribution in [0.15, 0.2) is 0 Å². The van der Waals surface area contributed by atoms with Crippen LogP contribution in [0.4, 0.5) is 0 Å². The molecule has 0 amide bonds. The summed E-state index contributed by atoms with van der Waals surface area (Å²) in [5, 5.41) is 6.73. The second-order valence-corrected chi connectivity index (χ2v) is 2.17. The lowest BCUT2D eigenvalue weighted by Gasteiger charge is -1.90. The van der Waals surface area contributed by atoms with Crippen molar-refractivity contribution in [2.24, 2.45) is 5.73 Å². The zero-order valence-corrected chi connectivity index (χ0v) is 5.09. The Morgan fingerprint density at radius 2 is 2.57 bits per heavy atom. The molecule has 0 bridgehead atoms. The van der Waals surface area contributed by atoms with Crippen molar-refractivity contribution in [3.05, 3.63) is 5.75 Å². The Bertz CT molecular complexity index is 62.7. The van der Waals surface area contributed by atoms with E-state index in [1.165, 1.54) is 0 Å². The van der Waals surface area contributed by atoms with Gasteiger partial charge in [-0.05, 0) is 0 Å². The van der Waals surface area contributed by atoms with Crippen molar-refractivity contribution >= 4 is 17.6 Å². The second-order valence-electron chi connectivity index (χ2n) is 1.07. The number of hydrogen-bond acceptors (Lipinski definition) is 2. The molecule has 0 rings (SSSR count). The predicted molar refractivity (Wildman–Crippen MR) is 34.3 cm³/mol. The van der Waals surface area contributed by atoms with Crippen LogP contribution in [0.5, 0.6) is 0 Å². The van der Waals surface area contributed by atoms with Gasteiger partial charge >= 0.3 is 0 Å². The largest absolute Gasteiger partial charge is 0.387 e. The molecule has 0 aromatic rings. The Labute approximate surface area is 48.0 Å². The van der Waals surface area contributed by atoms with Gasteiger partial charge in [-0.25, -0.2) is 0 Å². The monoisotopic (exact) mass is 117 g/mol. The highest BCUT2D eigenvalue weighted by Crippen LogP contribution is 2.00. The third-order valence-electron chi connectivity index (χ3n) is 0.406. The summed E-state index contributed by atoms with van der Waals surface area (Å²) in [6.07, 6.45) is 0. The van der Waals surface area contributed by atoms with Gasteiger partial charge in [-0.15, -0.1) is 11.8 Å². The second kappa shape index (κ2) is 3.99. The van der Waals surface area contributed by atoms with Crippen LogP contribution < -0.4 is 5.73 Å². The molecule has 3 N–H and O–H groups in total. The summed E-state index contributed by atoms with van der Waals surface area (Å²) >= 11 is 1.54. The van der Waals surface area contributed by atoms with Gasteiger partial charge in [-0.2, -0.15) is 0 Å². The first-order valence-corrected chi connectivity index (χ1v) is 3.04. The molecule has 41 valence electrons. The highest BCUT2D eigenvalue weighted by molar-refractivity contribution is 8.01. The quantitative estimate of drug-likeness (QED) is 0.425. The average Bonchev–Trinajstić information content (AvgIpc) is 1.61. The highest BCUT2D eigenvalue weighted by atomic mass is 32.2. The minimum Gasteiger partial charge on any atom is -0.387 e. The number of hydrogen-bond donors (Lipinski definition) is 2. The van der Waals surface area contributed by atoms with Crippen LogP contribution in [0.1, 0.15) is 6.92 Å². The van der Waals surface area contributed by atoms with E-state index in [-0.39, 0.29) is 5.84 Å². The summed E-state index contributed by atoms with van der Waals surface area (Å²) < 4.78 is 0. The van der Waals surface area contributed by atoms with Crippen LogP contribution in [0.25, 0.3) is 0 Å². The van der Waals surface area contributed by atoms with E-state index in [0.29, 0.717) is 5.75 Å². The maximum atomic E-state index is 6.73. The zero-order valence-electron chi connectivity index (χ0n) is 4.27.